The Morgan fingerprint density at radius 2 is 2.12 bits per heavy atom. The van der Waals surface area contributed by atoms with Crippen LogP contribution in [0, 0.1) is 0 Å². The summed E-state index contributed by atoms with van der Waals surface area (Å²) in [5.41, 5.74) is 1.25. The van der Waals surface area contributed by atoms with Crippen molar-refractivity contribution in [1.82, 2.24) is 9.88 Å². The summed E-state index contributed by atoms with van der Waals surface area (Å²) in [4.78, 5) is 16.2. The molecule has 0 aliphatic carbocycles. The highest BCUT2D eigenvalue weighted by Crippen LogP contribution is 2.16. The molecule has 88 valence electrons. The Morgan fingerprint density at radius 3 is 2.75 bits per heavy atom. The van der Waals surface area contributed by atoms with E-state index in [1.807, 2.05) is 7.05 Å². The number of sulfone groups is 1. The Labute approximate surface area is 94.0 Å². The number of nitrogens with zero attached hydrogens (tertiary/aromatic N) is 1. The predicted octanol–water partition coefficient (Wildman–Crippen LogP) is -0.234. The molecule has 6 heteroatoms. The Kier molecular flexibility index (Phi) is 2.63. The van der Waals surface area contributed by atoms with Gasteiger partial charge in [-0.05, 0) is 18.7 Å². The third-order valence-corrected chi connectivity index (χ3v) is 3.87. The van der Waals surface area contributed by atoms with Crippen LogP contribution in [0.25, 0.3) is 0 Å². The van der Waals surface area contributed by atoms with E-state index in [1.165, 1.54) is 6.07 Å². The first-order valence-corrected chi connectivity index (χ1v) is 6.91. The highest BCUT2D eigenvalue weighted by atomic mass is 32.2. The van der Waals surface area contributed by atoms with E-state index in [1.54, 1.807) is 0 Å². The van der Waals surface area contributed by atoms with E-state index in [4.69, 9.17) is 0 Å². The molecule has 1 aromatic heterocycles. The topological polar surface area (TPSA) is 70.2 Å². The van der Waals surface area contributed by atoms with Crippen molar-refractivity contribution in [2.75, 3.05) is 19.8 Å². The number of aromatic nitrogens is 1. The smallest absolute Gasteiger partial charge is 0.266 e. The van der Waals surface area contributed by atoms with E-state index < -0.39 is 15.4 Å². The number of hydrogen-bond donors (Lipinski definition) is 1. The Balaban J connectivity index is 2.61. The summed E-state index contributed by atoms with van der Waals surface area (Å²) in [5.74, 6) is 0. The number of aromatic amines is 1. The minimum atomic E-state index is -3.45. The molecule has 0 atom stereocenters. The van der Waals surface area contributed by atoms with Crippen molar-refractivity contribution in [2.24, 2.45) is 0 Å². The molecule has 16 heavy (non-hydrogen) atoms. The Morgan fingerprint density at radius 1 is 1.44 bits per heavy atom. The van der Waals surface area contributed by atoms with Gasteiger partial charge in [-0.15, -0.1) is 0 Å². The number of pyridine rings is 1. The summed E-state index contributed by atoms with van der Waals surface area (Å²) in [6.07, 6.45) is 1.81. The molecule has 2 heterocycles. The number of fused-ring (bicyclic) bond motifs is 1. The predicted molar refractivity (Wildman–Crippen MR) is 60.2 cm³/mol. The van der Waals surface area contributed by atoms with Gasteiger partial charge in [0, 0.05) is 31.5 Å². The zero-order valence-electron chi connectivity index (χ0n) is 9.28. The van der Waals surface area contributed by atoms with Gasteiger partial charge in [0.05, 0.1) is 0 Å². The minimum absolute atomic E-state index is 0.137. The lowest BCUT2D eigenvalue weighted by Gasteiger charge is -2.24. The Hall–Kier alpha value is -1.14. The summed E-state index contributed by atoms with van der Waals surface area (Å²) in [6.45, 7) is 1.55. The largest absolute Gasteiger partial charge is 0.325 e. The van der Waals surface area contributed by atoms with Crippen LogP contribution in [0.1, 0.15) is 11.3 Å². The van der Waals surface area contributed by atoms with Gasteiger partial charge in [-0.1, -0.05) is 0 Å². The molecule has 0 saturated carbocycles. The molecule has 0 bridgehead atoms. The van der Waals surface area contributed by atoms with Crippen LogP contribution in [-0.2, 0) is 22.8 Å². The molecule has 1 N–H and O–H groups in total. The van der Waals surface area contributed by atoms with Gasteiger partial charge in [-0.3, -0.25) is 4.79 Å². The van der Waals surface area contributed by atoms with Crippen molar-refractivity contribution >= 4 is 9.84 Å². The fourth-order valence-electron chi connectivity index (χ4n) is 1.90. The summed E-state index contributed by atoms with van der Waals surface area (Å²) in [5, 5.41) is 0. The third-order valence-electron chi connectivity index (χ3n) is 2.76. The van der Waals surface area contributed by atoms with Crippen molar-refractivity contribution in [3.05, 3.63) is 27.7 Å². The Bertz CT molecular complexity index is 574. The standard InChI is InChI=1S/C10H14N2O3S/c1-12-4-3-8-7(6-12)5-9(10(13)11-8)16(2,14)15/h5H,3-4,6H2,1-2H3,(H,11,13). The maximum absolute atomic E-state index is 11.6. The molecule has 1 aromatic rings. The number of nitrogens with one attached hydrogen (secondary N) is 1. The van der Waals surface area contributed by atoms with Gasteiger partial charge in [-0.2, -0.15) is 0 Å². The van der Waals surface area contributed by atoms with Crippen LogP contribution in [0.5, 0.6) is 0 Å². The lowest BCUT2D eigenvalue weighted by Crippen LogP contribution is -2.30. The quantitative estimate of drug-likeness (QED) is 0.738. The third kappa shape index (κ3) is 2.03. The molecular weight excluding hydrogens is 228 g/mol. The van der Waals surface area contributed by atoms with E-state index in [2.05, 4.69) is 9.88 Å². The fraction of sp³-hybridized carbons (Fsp3) is 0.500. The lowest BCUT2D eigenvalue weighted by molar-refractivity contribution is 0.309. The van der Waals surface area contributed by atoms with Gasteiger partial charge in [0.2, 0.25) is 0 Å². The van der Waals surface area contributed by atoms with Crippen LogP contribution in [0.3, 0.4) is 0 Å². The van der Waals surface area contributed by atoms with Gasteiger partial charge in [0.1, 0.15) is 4.90 Å². The highest BCUT2D eigenvalue weighted by molar-refractivity contribution is 7.90. The highest BCUT2D eigenvalue weighted by Gasteiger charge is 2.19. The van der Waals surface area contributed by atoms with Gasteiger partial charge in [0.15, 0.2) is 9.84 Å². The second-order valence-electron chi connectivity index (χ2n) is 4.23. The van der Waals surface area contributed by atoms with E-state index in [9.17, 15) is 13.2 Å². The van der Waals surface area contributed by atoms with Crippen molar-refractivity contribution in [2.45, 2.75) is 17.9 Å². The molecular formula is C10H14N2O3S. The van der Waals surface area contributed by atoms with E-state index in [0.717, 1.165) is 30.5 Å². The molecule has 0 unspecified atom stereocenters. The van der Waals surface area contributed by atoms with Crippen LogP contribution >= 0.6 is 0 Å². The molecule has 1 aliphatic rings. The van der Waals surface area contributed by atoms with Crippen LogP contribution in [-0.4, -0.2) is 38.1 Å². The minimum Gasteiger partial charge on any atom is -0.325 e. The first kappa shape index (κ1) is 11.3. The van der Waals surface area contributed by atoms with Crippen molar-refractivity contribution in [1.29, 1.82) is 0 Å². The van der Waals surface area contributed by atoms with Gasteiger partial charge in [0.25, 0.3) is 5.56 Å². The lowest BCUT2D eigenvalue weighted by atomic mass is 10.1. The summed E-state index contributed by atoms with van der Waals surface area (Å²) >= 11 is 0. The van der Waals surface area contributed by atoms with Crippen LogP contribution < -0.4 is 5.56 Å². The average molecular weight is 242 g/mol. The molecule has 0 radical (unpaired) electrons. The van der Waals surface area contributed by atoms with Gasteiger partial charge >= 0.3 is 0 Å². The molecule has 2 rings (SSSR count). The maximum Gasteiger partial charge on any atom is 0.266 e. The van der Waals surface area contributed by atoms with E-state index in [-0.39, 0.29) is 4.90 Å². The van der Waals surface area contributed by atoms with Crippen molar-refractivity contribution in [3.63, 3.8) is 0 Å². The van der Waals surface area contributed by atoms with Crippen molar-refractivity contribution in [3.8, 4) is 0 Å². The number of rotatable bonds is 1. The zero-order chi connectivity index (χ0) is 11.9. The monoisotopic (exact) mass is 242 g/mol. The van der Waals surface area contributed by atoms with Crippen LogP contribution in [0.15, 0.2) is 15.8 Å². The maximum atomic E-state index is 11.6. The molecule has 0 amide bonds. The van der Waals surface area contributed by atoms with Crippen molar-refractivity contribution < 1.29 is 8.42 Å². The van der Waals surface area contributed by atoms with Gasteiger partial charge in [-0.25, -0.2) is 8.42 Å². The SMILES string of the molecule is CN1CCc2[nH]c(=O)c(S(C)(=O)=O)cc2C1. The fourth-order valence-corrected chi connectivity index (χ4v) is 2.65. The molecule has 0 saturated heterocycles. The first-order valence-electron chi connectivity index (χ1n) is 5.01. The molecule has 1 aliphatic heterocycles. The van der Waals surface area contributed by atoms with Gasteiger partial charge < -0.3 is 9.88 Å². The number of H-pyrrole nitrogens is 1. The molecule has 0 aromatic carbocycles. The van der Waals surface area contributed by atoms with E-state index in [0.29, 0.717) is 6.54 Å². The average Bonchev–Trinajstić information content (AvgIpc) is 2.16. The molecule has 0 spiro atoms. The second-order valence-corrected chi connectivity index (χ2v) is 6.21. The molecule has 0 fully saturated rings. The first-order chi connectivity index (χ1) is 7.38. The number of hydrogen-bond acceptors (Lipinski definition) is 4. The van der Waals surface area contributed by atoms with Crippen LogP contribution in [0.2, 0.25) is 0 Å². The summed E-state index contributed by atoms with van der Waals surface area (Å²) < 4.78 is 22.8. The van der Waals surface area contributed by atoms with Crippen LogP contribution in [0.4, 0.5) is 0 Å². The second kappa shape index (κ2) is 3.71. The normalized spacial score (nSPS) is 17.1. The molecule has 5 nitrogen and oxygen atoms in total. The summed E-state index contributed by atoms with van der Waals surface area (Å²) in [7, 11) is -1.48. The zero-order valence-corrected chi connectivity index (χ0v) is 10.1. The number of likely N-dealkylation sites (N-methyl/N-ethyl adjacent to an activating group) is 1. The van der Waals surface area contributed by atoms with E-state index >= 15 is 0 Å². The summed E-state index contributed by atoms with van der Waals surface area (Å²) in [6, 6.07) is 1.50.